The number of rotatable bonds is 7. The van der Waals surface area contributed by atoms with Gasteiger partial charge in [0.05, 0.1) is 12.3 Å². The van der Waals surface area contributed by atoms with Gasteiger partial charge in [0, 0.05) is 30.1 Å². The second-order valence-electron chi connectivity index (χ2n) is 6.00. The lowest BCUT2D eigenvalue weighted by Crippen LogP contribution is -2.23. The van der Waals surface area contributed by atoms with Crippen LogP contribution in [0.15, 0.2) is 73.1 Å². The zero-order valence-corrected chi connectivity index (χ0v) is 15.5. The lowest BCUT2D eigenvalue weighted by molar-refractivity contribution is 0.0949. The molecule has 3 rings (SSSR count). The number of hydrogen-bond acceptors (Lipinski definition) is 4. The highest BCUT2D eigenvalue weighted by molar-refractivity contribution is 6.05. The number of ether oxygens (including phenoxy) is 1. The molecule has 6 heteroatoms. The number of carbonyl (C=O) groups is 2. The molecule has 3 aromatic rings. The molecule has 0 spiro atoms. The molecule has 0 saturated heterocycles. The number of aromatic nitrogens is 1. The van der Waals surface area contributed by atoms with Crippen molar-refractivity contribution < 1.29 is 14.3 Å². The van der Waals surface area contributed by atoms with Crippen molar-refractivity contribution in [2.45, 2.75) is 13.5 Å². The fourth-order valence-corrected chi connectivity index (χ4v) is 2.60. The zero-order valence-electron chi connectivity index (χ0n) is 15.5. The quantitative estimate of drug-likeness (QED) is 0.660. The van der Waals surface area contributed by atoms with E-state index >= 15 is 0 Å². The summed E-state index contributed by atoms with van der Waals surface area (Å²) in [4.78, 5) is 28.7. The van der Waals surface area contributed by atoms with Gasteiger partial charge in [0.1, 0.15) is 5.75 Å². The van der Waals surface area contributed by atoms with Crippen LogP contribution in [0.3, 0.4) is 0 Å². The van der Waals surface area contributed by atoms with E-state index in [1.807, 2.05) is 31.2 Å². The largest absolute Gasteiger partial charge is 0.492 e. The Morgan fingerprint density at radius 3 is 2.21 bits per heavy atom. The van der Waals surface area contributed by atoms with Gasteiger partial charge in [-0.05, 0) is 61.0 Å². The monoisotopic (exact) mass is 375 g/mol. The predicted molar refractivity (Wildman–Crippen MR) is 107 cm³/mol. The third-order valence-electron chi connectivity index (χ3n) is 4.05. The Kier molecular flexibility index (Phi) is 6.36. The van der Waals surface area contributed by atoms with Gasteiger partial charge in [-0.1, -0.05) is 12.1 Å². The maximum absolute atomic E-state index is 12.5. The lowest BCUT2D eigenvalue weighted by atomic mass is 10.1. The molecule has 0 fully saturated rings. The van der Waals surface area contributed by atoms with Crippen LogP contribution in [0.1, 0.15) is 33.2 Å². The molecule has 1 aromatic heterocycles. The van der Waals surface area contributed by atoms with E-state index in [0.29, 0.717) is 35.7 Å². The van der Waals surface area contributed by atoms with Gasteiger partial charge in [0.15, 0.2) is 0 Å². The summed E-state index contributed by atoms with van der Waals surface area (Å²) in [6, 6.07) is 17.4. The second-order valence-corrected chi connectivity index (χ2v) is 6.00. The Bertz CT molecular complexity index is 941. The van der Waals surface area contributed by atoms with Crippen molar-refractivity contribution in [1.29, 1.82) is 0 Å². The van der Waals surface area contributed by atoms with Crippen LogP contribution in [-0.2, 0) is 6.54 Å². The Hall–Kier alpha value is -3.67. The summed E-state index contributed by atoms with van der Waals surface area (Å²) in [5, 5.41) is 5.68. The summed E-state index contributed by atoms with van der Waals surface area (Å²) in [6.07, 6.45) is 3.36. The molecule has 0 aliphatic rings. The van der Waals surface area contributed by atoms with Crippen LogP contribution in [0.25, 0.3) is 0 Å². The summed E-state index contributed by atoms with van der Waals surface area (Å²) in [7, 11) is 0. The molecule has 0 unspecified atom stereocenters. The molecule has 142 valence electrons. The van der Waals surface area contributed by atoms with Crippen LogP contribution in [0.5, 0.6) is 5.75 Å². The number of nitrogens with zero attached hydrogens (tertiary/aromatic N) is 1. The van der Waals surface area contributed by atoms with Crippen molar-refractivity contribution in [3.63, 3.8) is 0 Å². The number of hydrogen-bond donors (Lipinski definition) is 2. The molecule has 2 N–H and O–H groups in total. The Balaban J connectivity index is 1.62. The average molecular weight is 375 g/mol. The minimum absolute atomic E-state index is 0.203. The van der Waals surface area contributed by atoms with Gasteiger partial charge in [0.25, 0.3) is 11.8 Å². The first kappa shape index (κ1) is 19.1. The Labute approximate surface area is 163 Å². The normalized spacial score (nSPS) is 10.2. The molecule has 0 aliphatic carbocycles. The van der Waals surface area contributed by atoms with Gasteiger partial charge < -0.3 is 15.4 Å². The highest BCUT2D eigenvalue weighted by Gasteiger charge is 2.11. The molecule has 0 bridgehead atoms. The van der Waals surface area contributed by atoms with E-state index in [2.05, 4.69) is 15.6 Å². The molecule has 6 nitrogen and oxygen atoms in total. The number of anilines is 1. The van der Waals surface area contributed by atoms with Crippen LogP contribution in [-0.4, -0.2) is 23.4 Å². The molecule has 0 aliphatic heterocycles. The highest BCUT2D eigenvalue weighted by Crippen LogP contribution is 2.24. The topological polar surface area (TPSA) is 80.3 Å². The molecule has 0 saturated carbocycles. The minimum atomic E-state index is -0.268. The molecule has 2 amide bonds. The molecule has 2 aromatic carbocycles. The van der Waals surface area contributed by atoms with Crippen LogP contribution >= 0.6 is 0 Å². The molecular formula is C22H21N3O3. The lowest BCUT2D eigenvalue weighted by Gasteiger charge is -2.11. The van der Waals surface area contributed by atoms with Gasteiger partial charge >= 0.3 is 0 Å². The number of carbonyl (C=O) groups excluding carboxylic acids is 2. The third-order valence-corrected chi connectivity index (χ3v) is 4.05. The first-order valence-electron chi connectivity index (χ1n) is 8.97. The summed E-state index contributed by atoms with van der Waals surface area (Å²) in [6.45, 7) is 2.81. The van der Waals surface area contributed by atoms with Crippen LogP contribution in [0.4, 0.5) is 5.69 Å². The van der Waals surface area contributed by atoms with Crippen molar-refractivity contribution in [2.75, 3.05) is 11.9 Å². The summed E-state index contributed by atoms with van der Waals surface area (Å²) >= 11 is 0. The molecule has 28 heavy (non-hydrogen) atoms. The van der Waals surface area contributed by atoms with E-state index in [0.717, 1.165) is 5.56 Å². The number of amides is 2. The van der Waals surface area contributed by atoms with Crippen LogP contribution in [0.2, 0.25) is 0 Å². The summed E-state index contributed by atoms with van der Waals surface area (Å²) < 4.78 is 5.52. The van der Waals surface area contributed by atoms with Gasteiger partial charge in [-0.15, -0.1) is 0 Å². The van der Waals surface area contributed by atoms with Crippen LogP contribution < -0.4 is 15.4 Å². The van der Waals surface area contributed by atoms with E-state index < -0.39 is 0 Å². The van der Waals surface area contributed by atoms with Gasteiger partial charge in [-0.2, -0.15) is 0 Å². The van der Waals surface area contributed by atoms with Crippen LogP contribution in [0, 0.1) is 0 Å². The molecular weight excluding hydrogens is 354 g/mol. The van der Waals surface area contributed by atoms with E-state index in [4.69, 9.17) is 4.74 Å². The van der Waals surface area contributed by atoms with E-state index in [1.54, 1.807) is 48.8 Å². The standard InChI is InChI=1S/C22H21N3O3/c1-2-28-20-6-4-3-5-19(20)25-22(27)18-9-7-17(8-10-18)21(26)24-15-16-11-13-23-14-12-16/h3-14H,2,15H2,1H3,(H,24,26)(H,25,27). The zero-order chi connectivity index (χ0) is 19.8. The highest BCUT2D eigenvalue weighted by atomic mass is 16.5. The fraction of sp³-hybridized carbons (Fsp3) is 0.136. The number of benzene rings is 2. The maximum atomic E-state index is 12.5. The Morgan fingerprint density at radius 2 is 1.54 bits per heavy atom. The fourth-order valence-electron chi connectivity index (χ4n) is 2.60. The molecule has 0 radical (unpaired) electrons. The van der Waals surface area contributed by atoms with Gasteiger partial charge in [0.2, 0.25) is 0 Å². The van der Waals surface area contributed by atoms with Crippen molar-refractivity contribution >= 4 is 17.5 Å². The van der Waals surface area contributed by atoms with Crippen molar-refractivity contribution in [1.82, 2.24) is 10.3 Å². The summed E-state index contributed by atoms with van der Waals surface area (Å²) in [5.41, 5.74) is 2.51. The van der Waals surface area contributed by atoms with E-state index in [9.17, 15) is 9.59 Å². The third kappa shape index (κ3) is 4.94. The maximum Gasteiger partial charge on any atom is 0.255 e. The van der Waals surface area contributed by atoms with Gasteiger partial charge in [-0.25, -0.2) is 0 Å². The predicted octanol–water partition coefficient (Wildman–Crippen LogP) is 3.66. The summed E-state index contributed by atoms with van der Waals surface area (Å²) in [5.74, 6) is 0.145. The average Bonchev–Trinajstić information content (AvgIpc) is 2.74. The molecule has 1 heterocycles. The first-order chi connectivity index (χ1) is 13.7. The number of pyridine rings is 1. The minimum Gasteiger partial charge on any atom is -0.492 e. The van der Waals surface area contributed by atoms with Crippen molar-refractivity contribution in [3.8, 4) is 5.75 Å². The number of para-hydroxylation sites is 2. The Morgan fingerprint density at radius 1 is 0.893 bits per heavy atom. The van der Waals surface area contributed by atoms with Crippen molar-refractivity contribution in [3.05, 3.63) is 89.7 Å². The second kappa shape index (κ2) is 9.32. The SMILES string of the molecule is CCOc1ccccc1NC(=O)c1ccc(C(=O)NCc2ccncc2)cc1. The van der Waals surface area contributed by atoms with E-state index in [-0.39, 0.29) is 11.8 Å². The smallest absolute Gasteiger partial charge is 0.255 e. The number of nitrogens with one attached hydrogen (secondary N) is 2. The van der Waals surface area contributed by atoms with Crippen molar-refractivity contribution in [2.24, 2.45) is 0 Å². The molecule has 0 atom stereocenters. The van der Waals surface area contributed by atoms with E-state index in [1.165, 1.54) is 0 Å². The first-order valence-corrected chi connectivity index (χ1v) is 8.97. The van der Waals surface area contributed by atoms with Gasteiger partial charge in [-0.3, -0.25) is 14.6 Å².